The molecule has 1 aromatic rings. The summed E-state index contributed by atoms with van der Waals surface area (Å²) in [6.45, 7) is 0.418. The van der Waals surface area contributed by atoms with Crippen LogP contribution in [0.15, 0.2) is 18.2 Å². The van der Waals surface area contributed by atoms with Crippen LogP contribution in [0.5, 0.6) is 5.75 Å². The number of benzene rings is 1. The first-order chi connectivity index (χ1) is 7.63. The summed E-state index contributed by atoms with van der Waals surface area (Å²) in [6, 6.07) is 5.03. The molecule has 4 nitrogen and oxygen atoms in total. The third-order valence-electron chi connectivity index (χ3n) is 1.98. The van der Waals surface area contributed by atoms with Crippen molar-refractivity contribution in [3.05, 3.63) is 23.2 Å². The van der Waals surface area contributed by atoms with Gasteiger partial charge in [-0.2, -0.15) is 0 Å². The molecule has 0 aliphatic rings. The summed E-state index contributed by atoms with van der Waals surface area (Å²) in [4.78, 5) is 10.8. The third-order valence-corrected chi connectivity index (χ3v) is 2.22. The van der Waals surface area contributed by atoms with Gasteiger partial charge in [-0.25, -0.2) is 0 Å². The average Bonchev–Trinajstić information content (AvgIpc) is 2.26. The molecule has 0 atom stereocenters. The maximum Gasteiger partial charge on any atom is 0.305 e. The summed E-state index contributed by atoms with van der Waals surface area (Å²) in [5.41, 5.74) is 6.18. The molecule has 0 heterocycles. The highest BCUT2D eigenvalue weighted by atomic mass is 35.5. The van der Waals surface area contributed by atoms with E-state index in [9.17, 15) is 4.79 Å². The minimum atomic E-state index is -0.243. The Kier molecular flexibility index (Phi) is 4.92. The maximum atomic E-state index is 10.8. The number of anilines is 1. The molecule has 0 aliphatic heterocycles. The fourth-order valence-electron chi connectivity index (χ4n) is 1.15. The quantitative estimate of drug-likeness (QED) is 0.490. The largest absolute Gasteiger partial charge is 0.491 e. The van der Waals surface area contributed by atoms with E-state index in [1.165, 1.54) is 7.11 Å². The van der Waals surface area contributed by atoms with E-state index >= 15 is 0 Å². The molecule has 88 valence electrons. The Labute approximate surface area is 99.3 Å². The lowest BCUT2D eigenvalue weighted by Gasteiger charge is -2.08. The van der Waals surface area contributed by atoms with Crippen LogP contribution in [0.3, 0.4) is 0 Å². The summed E-state index contributed by atoms with van der Waals surface area (Å²) in [5, 5.41) is 0.569. The Morgan fingerprint density at radius 1 is 1.50 bits per heavy atom. The molecule has 0 fully saturated rings. The van der Waals surface area contributed by atoms with E-state index in [1.807, 2.05) is 0 Å². The molecule has 1 rings (SSSR count). The lowest BCUT2D eigenvalue weighted by atomic mass is 10.3. The van der Waals surface area contributed by atoms with E-state index in [2.05, 4.69) is 4.74 Å². The number of hydrogen-bond donors (Lipinski definition) is 1. The van der Waals surface area contributed by atoms with Gasteiger partial charge >= 0.3 is 5.97 Å². The van der Waals surface area contributed by atoms with Gasteiger partial charge in [0.15, 0.2) is 0 Å². The molecule has 0 aromatic heterocycles. The fraction of sp³-hybridized carbons (Fsp3) is 0.364. The molecule has 5 heteroatoms. The number of methoxy groups -OCH3 is 1. The summed E-state index contributed by atoms with van der Waals surface area (Å²) in [5.74, 6) is 0.335. The van der Waals surface area contributed by atoms with Crippen molar-refractivity contribution < 1.29 is 14.3 Å². The molecule has 0 amide bonds. The van der Waals surface area contributed by atoms with Gasteiger partial charge in [0.05, 0.1) is 19.4 Å². The van der Waals surface area contributed by atoms with Crippen molar-refractivity contribution in [2.24, 2.45) is 0 Å². The smallest absolute Gasteiger partial charge is 0.305 e. The topological polar surface area (TPSA) is 61.5 Å². The van der Waals surface area contributed by atoms with E-state index in [1.54, 1.807) is 18.2 Å². The molecule has 0 spiro atoms. The minimum absolute atomic E-state index is 0.243. The van der Waals surface area contributed by atoms with Crippen LogP contribution in [-0.2, 0) is 9.53 Å². The highest BCUT2D eigenvalue weighted by Crippen LogP contribution is 2.24. The summed E-state index contributed by atoms with van der Waals surface area (Å²) < 4.78 is 9.90. The lowest BCUT2D eigenvalue weighted by molar-refractivity contribution is -0.140. The number of halogens is 1. The van der Waals surface area contributed by atoms with Gasteiger partial charge in [-0.3, -0.25) is 4.79 Å². The first kappa shape index (κ1) is 12.6. The summed E-state index contributed by atoms with van der Waals surface area (Å²) in [7, 11) is 1.36. The fourth-order valence-corrected chi connectivity index (χ4v) is 1.33. The Balaban J connectivity index is 2.35. The minimum Gasteiger partial charge on any atom is -0.491 e. The number of rotatable bonds is 5. The zero-order chi connectivity index (χ0) is 12.0. The highest BCUT2D eigenvalue weighted by Gasteiger charge is 2.03. The predicted octanol–water partition coefficient (Wildman–Crippen LogP) is 2.25. The monoisotopic (exact) mass is 243 g/mol. The van der Waals surface area contributed by atoms with Crippen molar-refractivity contribution in [2.75, 3.05) is 19.5 Å². The molecule has 0 aliphatic carbocycles. The molecular weight excluding hydrogens is 230 g/mol. The van der Waals surface area contributed by atoms with Crippen LogP contribution < -0.4 is 10.5 Å². The summed E-state index contributed by atoms with van der Waals surface area (Å²) >= 11 is 5.74. The van der Waals surface area contributed by atoms with Gasteiger partial charge in [0.25, 0.3) is 0 Å². The van der Waals surface area contributed by atoms with Gasteiger partial charge in [0, 0.05) is 11.4 Å². The zero-order valence-corrected chi connectivity index (χ0v) is 9.79. The second-order valence-corrected chi connectivity index (χ2v) is 3.65. The number of carbonyl (C=O) groups is 1. The highest BCUT2D eigenvalue weighted by molar-refractivity contribution is 6.30. The van der Waals surface area contributed by atoms with Gasteiger partial charge in [-0.05, 0) is 24.6 Å². The van der Waals surface area contributed by atoms with Crippen molar-refractivity contribution in [2.45, 2.75) is 12.8 Å². The van der Waals surface area contributed by atoms with Crippen LogP contribution in [0.1, 0.15) is 12.8 Å². The van der Waals surface area contributed by atoms with Crippen LogP contribution in [-0.4, -0.2) is 19.7 Å². The van der Waals surface area contributed by atoms with E-state index in [-0.39, 0.29) is 5.97 Å². The number of esters is 1. The molecule has 0 bridgehead atoms. The number of nitrogens with two attached hydrogens (primary N) is 1. The van der Waals surface area contributed by atoms with Crippen LogP contribution in [0.4, 0.5) is 5.69 Å². The third kappa shape index (κ3) is 3.98. The van der Waals surface area contributed by atoms with Crippen LogP contribution in [0, 0.1) is 0 Å². The average molecular weight is 244 g/mol. The second kappa shape index (κ2) is 6.23. The van der Waals surface area contributed by atoms with E-state index < -0.39 is 0 Å². The summed E-state index contributed by atoms with van der Waals surface area (Å²) in [6.07, 6.45) is 0.929. The normalized spacial score (nSPS) is 9.88. The van der Waals surface area contributed by atoms with Crippen molar-refractivity contribution in [3.8, 4) is 5.75 Å². The van der Waals surface area contributed by atoms with Crippen LogP contribution in [0.25, 0.3) is 0 Å². The predicted molar refractivity (Wildman–Crippen MR) is 62.6 cm³/mol. The van der Waals surface area contributed by atoms with Gasteiger partial charge in [0.2, 0.25) is 0 Å². The lowest BCUT2D eigenvalue weighted by Crippen LogP contribution is -2.05. The molecule has 0 saturated heterocycles. The van der Waals surface area contributed by atoms with Crippen molar-refractivity contribution >= 4 is 23.3 Å². The molecule has 2 N–H and O–H groups in total. The molecule has 16 heavy (non-hydrogen) atoms. The van der Waals surface area contributed by atoms with Crippen LogP contribution in [0.2, 0.25) is 5.02 Å². The van der Waals surface area contributed by atoms with E-state index in [0.29, 0.717) is 35.9 Å². The molecule has 0 radical (unpaired) electrons. The molecule has 1 aromatic carbocycles. The van der Waals surface area contributed by atoms with E-state index in [0.717, 1.165) is 0 Å². The van der Waals surface area contributed by atoms with Gasteiger partial charge in [-0.15, -0.1) is 0 Å². The van der Waals surface area contributed by atoms with Crippen molar-refractivity contribution in [1.29, 1.82) is 0 Å². The Morgan fingerprint density at radius 3 is 2.88 bits per heavy atom. The zero-order valence-electron chi connectivity index (χ0n) is 9.03. The second-order valence-electron chi connectivity index (χ2n) is 3.21. The number of hydrogen-bond acceptors (Lipinski definition) is 4. The molecule has 0 unspecified atom stereocenters. The Hall–Kier alpha value is -1.42. The van der Waals surface area contributed by atoms with Crippen molar-refractivity contribution in [1.82, 2.24) is 0 Å². The SMILES string of the molecule is COC(=O)CCCOc1ccc(Cl)cc1N. The number of nitrogen functional groups attached to an aromatic ring is 1. The molecular formula is C11H14ClNO3. The van der Waals surface area contributed by atoms with Gasteiger partial charge < -0.3 is 15.2 Å². The van der Waals surface area contributed by atoms with Crippen LogP contribution >= 0.6 is 11.6 Å². The Bertz CT molecular complexity index is 368. The van der Waals surface area contributed by atoms with Crippen molar-refractivity contribution in [3.63, 3.8) is 0 Å². The van der Waals surface area contributed by atoms with Gasteiger partial charge in [-0.1, -0.05) is 11.6 Å². The number of carbonyl (C=O) groups excluding carboxylic acids is 1. The Morgan fingerprint density at radius 2 is 2.25 bits per heavy atom. The standard InChI is InChI=1S/C11H14ClNO3/c1-15-11(14)3-2-6-16-10-5-4-8(12)7-9(10)13/h4-5,7H,2-3,6,13H2,1H3. The number of ether oxygens (including phenoxy) is 2. The maximum absolute atomic E-state index is 10.8. The van der Waals surface area contributed by atoms with E-state index in [4.69, 9.17) is 22.1 Å². The van der Waals surface area contributed by atoms with Gasteiger partial charge in [0.1, 0.15) is 5.75 Å². The molecule has 0 saturated carbocycles. The first-order valence-electron chi connectivity index (χ1n) is 4.88. The first-order valence-corrected chi connectivity index (χ1v) is 5.26.